The van der Waals surface area contributed by atoms with Crippen molar-refractivity contribution in [3.8, 4) is 0 Å². The molecule has 2 atom stereocenters. The first-order valence-electron chi connectivity index (χ1n) is 8.29. The van der Waals surface area contributed by atoms with Gasteiger partial charge in [-0.3, -0.25) is 9.63 Å². The zero-order valence-electron chi connectivity index (χ0n) is 15.2. The van der Waals surface area contributed by atoms with Gasteiger partial charge in [-0.05, 0) is 17.7 Å². The molecule has 1 fully saturated rings. The molecule has 0 spiro atoms. The standard InChI is InChI=1S/C17H21FN4O4S/c1-20-10-16(19-11-20)27(24,25)22-8-14(12-4-6-13(18)7-5-12)15(9-22)17(23)21(2)26-3/h4-7,10-11,14-15H,8-9H2,1-3H3/t14-,15+/m1/s1. The Labute approximate surface area is 157 Å². The highest BCUT2D eigenvalue weighted by Crippen LogP contribution is 2.36. The van der Waals surface area contributed by atoms with E-state index >= 15 is 0 Å². The van der Waals surface area contributed by atoms with Crippen molar-refractivity contribution in [3.05, 3.63) is 48.2 Å². The van der Waals surface area contributed by atoms with E-state index in [1.165, 1.54) is 43.1 Å². The Morgan fingerprint density at radius 2 is 1.96 bits per heavy atom. The minimum atomic E-state index is -3.85. The van der Waals surface area contributed by atoms with E-state index in [2.05, 4.69) is 4.98 Å². The van der Waals surface area contributed by atoms with Crippen molar-refractivity contribution in [2.75, 3.05) is 27.2 Å². The van der Waals surface area contributed by atoms with E-state index in [0.29, 0.717) is 5.56 Å². The third kappa shape index (κ3) is 3.73. The molecule has 1 aliphatic heterocycles. The highest BCUT2D eigenvalue weighted by Gasteiger charge is 2.45. The zero-order chi connectivity index (χ0) is 19.8. The van der Waals surface area contributed by atoms with Crippen molar-refractivity contribution in [1.29, 1.82) is 0 Å². The average molecular weight is 396 g/mol. The first kappa shape index (κ1) is 19.5. The van der Waals surface area contributed by atoms with E-state index < -0.39 is 27.7 Å². The Kier molecular flexibility index (Phi) is 5.31. The second-order valence-corrected chi connectivity index (χ2v) is 8.37. The maximum absolute atomic E-state index is 13.3. The monoisotopic (exact) mass is 396 g/mol. The van der Waals surface area contributed by atoms with Gasteiger partial charge in [0.15, 0.2) is 5.03 Å². The lowest BCUT2D eigenvalue weighted by molar-refractivity contribution is -0.173. The Hall–Kier alpha value is -2.30. The van der Waals surface area contributed by atoms with Crippen LogP contribution >= 0.6 is 0 Å². The van der Waals surface area contributed by atoms with E-state index in [0.717, 1.165) is 5.06 Å². The van der Waals surface area contributed by atoms with E-state index in [9.17, 15) is 17.6 Å². The van der Waals surface area contributed by atoms with Gasteiger partial charge in [0.2, 0.25) is 0 Å². The van der Waals surface area contributed by atoms with Gasteiger partial charge in [-0.15, -0.1) is 0 Å². The van der Waals surface area contributed by atoms with Gasteiger partial charge in [-0.25, -0.2) is 22.9 Å². The van der Waals surface area contributed by atoms with Crippen LogP contribution in [0.1, 0.15) is 11.5 Å². The number of benzene rings is 1. The van der Waals surface area contributed by atoms with Crippen LogP contribution in [0.3, 0.4) is 0 Å². The lowest BCUT2D eigenvalue weighted by Crippen LogP contribution is -2.36. The molecular weight excluding hydrogens is 375 g/mol. The van der Waals surface area contributed by atoms with Crippen LogP contribution in [0, 0.1) is 11.7 Å². The van der Waals surface area contributed by atoms with Gasteiger partial charge < -0.3 is 4.57 Å². The highest BCUT2D eigenvalue weighted by atomic mass is 32.2. The van der Waals surface area contributed by atoms with Crippen LogP contribution in [0.4, 0.5) is 4.39 Å². The van der Waals surface area contributed by atoms with Crippen molar-refractivity contribution in [2.24, 2.45) is 13.0 Å². The fraction of sp³-hybridized carbons (Fsp3) is 0.412. The number of carbonyl (C=O) groups excluding carboxylic acids is 1. The summed E-state index contributed by atoms with van der Waals surface area (Å²) in [6, 6.07) is 5.74. The number of sulfonamides is 1. The molecule has 1 aromatic heterocycles. The normalized spacial score (nSPS) is 20.7. The Morgan fingerprint density at radius 3 is 2.52 bits per heavy atom. The van der Waals surface area contributed by atoms with Gasteiger partial charge in [0.05, 0.1) is 19.4 Å². The van der Waals surface area contributed by atoms with Gasteiger partial charge in [-0.2, -0.15) is 4.31 Å². The molecule has 0 bridgehead atoms. The summed E-state index contributed by atoms with van der Waals surface area (Å²) < 4.78 is 41.9. The van der Waals surface area contributed by atoms with Gasteiger partial charge in [-0.1, -0.05) is 12.1 Å². The minimum Gasteiger partial charge on any atom is -0.339 e. The number of imidazole rings is 1. The summed E-state index contributed by atoms with van der Waals surface area (Å²) in [5.74, 6) is -1.81. The predicted molar refractivity (Wildman–Crippen MR) is 94.4 cm³/mol. The number of hydrogen-bond donors (Lipinski definition) is 0. The number of aromatic nitrogens is 2. The number of hydrogen-bond acceptors (Lipinski definition) is 5. The molecule has 0 aliphatic carbocycles. The first-order valence-corrected chi connectivity index (χ1v) is 9.73. The molecule has 0 unspecified atom stereocenters. The smallest absolute Gasteiger partial charge is 0.262 e. The highest BCUT2D eigenvalue weighted by molar-refractivity contribution is 7.89. The molecule has 1 aliphatic rings. The second-order valence-electron chi connectivity index (χ2n) is 6.48. The Morgan fingerprint density at radius 1 is 1.30 bits per heavy atom. The van der Waals surface area contributed by atoms with Crippen LogP contribution in [0.15, 0.2) is 41.8 Å². The van der Waals surface area contributed by atoms with Crippen LogP contribution < -0.4 is 0 Å². The molecule has 3 rings (SSSR count). The number of nitrogens with zero attached hydrogens (tertiary/aromatic N) is 4. The molecule has 10 heteroatoms. The lowest BCUT2D eigenvalue weighted by atomic mass is 9.88. The van der Waals surface area contributed by atoms with Crippen LogP contribution in [-0.4, -0.2) is 60.5 Å². The molecule has 1 amide bonds. The van der Waals surface area contributed by atoms with Gasteiger partial charge >= 0.3 is 0 Å². The number of rotatable bonds is 5. The Balaban J connectivity index is 1.95. The summed E-state index contributed by atoms with van der Waals surface area (Å²) in [7, 11) is 0.663. The fourth-order valence-corrected chi connectivity index (χ4v) is 4.70. The molecule has 0 N–H and O–H groups in total. The summed E-state index contributed by atoms with van der Waals surface area (Å²) in [5.41, 5.74) is 0.693. The molecule has 0 saturated carbocycles. The maximum Gasteiger partial charge on any atom is 0.262 e. The summed E-state index contributed by atoms with van der Waals surface area (Å²) in [6.45, 7) is 0.0893. The molecule has 146 valence electrons. The summed E-state index contributed by atoms with van der Waals surface area (Å²) in [5, 5.41) is 1.01. The molecule has 2 aromatic rings. The van der Waals surface area contributed by atoms with Crippen molar-refractivity contribution in [2.45, 2.75) is 10.9 Å². The molecular formula is C17H21FN4O4S. The van der Waals surface area contributed by atoms with Gasteiger partial charge in [0, 0.05) is 39.3 Å². The number of hydroxylamine groups is 2. The van der Waals surface area contributed by atoms with Crippen LogP contribution in [0.2, 0.25) is 0 Å². The van der Waals surface area contributed by atoms with Crippen molar-refractivity contribution >= 4 is 15.9 Å². The third-order valence-corrected chi connectivity index (χ3v) is 6.49. The molecule has 27 heavy (non-hydrogen) atoms. The topological polar surface area (TPSA) is 84.7 Å². The number of aryl methyl sites for hydroxylation is 1. The number of halogens is 1. The van der Waals surface area contributed by atoms with E-state index in [-0.39, 0.29) is 24.0 Å². The Bertz CT molecular complexity index is 929. The zero-order valence-corrected chi connectivity index (χ0v) is 16.1. The molecule has 1 saturated heterocycles. The quantitative estimate of drug-likeness (QED) is 0.704. The lowest BCUT2D eigenvalue weighted by Gasteiger charge is -2.22. The van der Waals surface area contributed by atoms with Crippen molar-refractivity contribution in [3.63, 3.8) is 0 Å². The van der Waals surface area contributed by atoms with Gasteiger partial charge in [0.1, 0.15) is 5.82 Å². The molecule has 8 nitrogen and oxygen atoms in total. The van der Waals surface area contributed by atoms with Crippen LogP contribution in [-0.2, 0) is 26.7 Å². The summed E-state index contributed by atoms with van der Waals surface area (Å²) >= 11 is 0. The maximum atomic E-state index is 13.3. The SMILES string of the molecule is CON(C)C(=O)[C@H]1CN(S(=O)(=O)c2cn(C)cn2)C[C@@H]1c1ccc(F)cc1. The van der Waals surface area contributed by atoms with Crippen LogP contribution in [0.25, 0.3) is 0 Å². The van der Waals surface area contributed by atoms with Crippen molar-refractivity contribution in [1.82, 2.24) is 18.9 Å². The molecule has 0 radical (unpaired) electrons. The summed E-state index contributed by atoms with van der Waals surface area (Å²) in [4.78, 5) is 21.6. The van der Waals surface area contributed by atoms with E-state index in [1.807, 2.05) is 0 Å². The third-order valence-electron chi connectivity index (χ3n) is 4.77. The second kappa shape index (κ2) is 7.37. The van der Waals surface area contributed by atoms with Gasteiger partial charge in [0.25, 0.3) is 15.9 Å². The average Bonchev–Trinajstić information content (AvgIpc) is 3.28. The van der Waals surface area contributed by atoms with Crippen molar-refractivity contribution < 1.29 is 22.4 Å². The predicted octanol–water partition coefficient (Wildman–Crippen LogP) is 0.983. The molecule has 2 heterocycles. The molecule has 1 aromatic carbocycles. The first-order chi connectivity index (χ1) is 12.7. The number of carbonyl (C=O) groups is 1. The van der Waals surface area contributed by atoms with Crippen LogP contribution in [0.5, 0.6) is 0 Å². The summed E-state index contributed by atoms with van der Waals surface area (Å²) in [6.07, 6.45) is 2.82. The van der Waals surface area contributed by atoms with E-state index in [4.69, 9.17) is 4.84 Å². The minimum absolute atomic E-state index is 0.00646. The number of amides is 1. The van der Waals surface area contributed by atoms with E-state index in [1.54, 1.807) is 23.7 Å². The fourth-order valence-electron chi connectivity index (χ4n) is 3.24. The largest absolute Gasteiger partial charge is 0.339 e.